The number of halogens is 3. The smallest absolute Gasteiger partial charge is 0.294 e. The summed E-state index contributed by atoms with van der Waals surface area (Å²) in [7, 11) is -4.80. The van der Waals surface area contributed by atoms with E-state index in [2.05, 4.69) is 0 Å². The van der Waals surface area contributed by atoms with Crippen LogP contribution in [0, 0.1) is 0 Å². The first-order valence-electron chi connectivity index (χ1n) is 6.27. The van der Waals surface area contributed by atoms with Gasteiger partial charge >= 0.3 is 6.18 Å². The van der Waals surface area contributed by atoms with Crippen LogP contribution in [-0.4, -0.2) is 18.8 Å². The molecule has 8 heteroatoms. The molecule has 0 saturated carbocycles. The summed E-state index contributed by atoms with van der Waals surface area (Å²) in [5.74, 6) is -0.735. The third-order valence-electron chi connectivity index (χ3n) is 2.95. The molecule has 118 valence electrons. The molecule has 0 aliphatic heterocycles. The maximum absolute atomic E-state index is 13.3. The van der Waals surface area contributed by atoms with E-state index in [0.717, 1.165) is 12.1 Å². The predicted molar refractivity (Wildman–Crippen MR) is 69.9 cm³/mol. The zero-order valence-corrected chi connectivity index (χ0v) is 12.3. The van der Waals surface area contributed by atoms with Crippen molar-refractivity contribution in [2.75, 3.05) is 0 Å². The first-order valence-corrected chi connectivity index (χ1v) is 7.71. The lowest BCUT2D eigenvalue weighted by atomic mass is 9.94. The number of Topliss-reactive ketones (excluding diaryl/α,β-unsaturated/α-hetero) is 1. The molecular weight excluding hydrogens is 309 g/mol. The lowest BCUT2D eigenvalue weighted by Crippen LogP contribution is -2.19. The second-order valence-electron chi connectivity index (χ2n) is 4.46. The average Bonchev–Trinajstić information content (AvgIpc) is 2.34. The van der Waals surface area contributed by atoms with Gasteiger partial charge in [-0.2, -0.15) is 21.6 Å². The Morgan fingerprint density at radius 3 is 2.19 bits per heavy atom. The van der Waals surface area contributed by atoms with Crippen molar-refractivity contribution in [1.29, 1.82) is 0 Å². The molecule has 0 fully saturated rings. The van der Waals surface area contributed by atoms with Crippen molar-refractivity contribution in [2.45, 2.75) is 44.2 Å². The molecule has 1 rings (SSSR count). The Kier molecular flexibility index (Phi) is 5.16. The van der Waals surface area contributed by atoms with E-state index in [1.807, 2.05) is 0 Å². The molecule has 1 aromatic carbocycles. The summed E-state index contributed by atoms with van der Waals surface area (Å²) in [5.41, 5.74) is -2.40. The highest BCUT2D eigenvalue weighted by Gasteiger charge is 2.39. The van der Waals surface area contributed by atoms with Crippen LogP contribution >= 0.6 is 0 Å². The Morgan fingerprint density at radius 1 is 1.24 bits per heavy atom. The third kappa shape index (κ3) is 3.82. The van der Waals surface area contributed by atoms with Gasteiger partial charge in [0.2, 0.25) is 0 Å². The van der Waals surface area contributed by atoms with Gasteiger partial charge in [-0.25, -0.2) is 0 Å². The minimum Gasteiger partial charge on any atom is -0.294 e. The molecule has 1 aromatic rings. The van der Waals surface area contributed by atoms with Crippen LogP contribution < -0.4 is 0 Å². The number of hydrogen-bond acceptors (Lipinski definition) is 3. The van der Waals surface area contributed by atoms with Crippen LogP contribution in [0.1, 0.15) is 48.2 Å². The highest BCUT2D eigenvalue weighted by molar-refractivity contribution is 7.85. The summed E-state index contributed by atoms with van der Waals surface area (Å²) in [5, 5.41) is 0. The van der Waals surface area contributed by atoms with Gasteiger partial charge in [0.15, 0.2) is 5.78 Å². The maximum Gasteiger partial charge on any atom is 0.417 e. The van der Waals surface area contributed by atoms with E-state index in [1.165, 1.54) is 6.92 Å². The van der Waals surface area contributed by atoms with Crippen LogP contribution in [0.3, 0.4) is 0 Å². The normalized spacial score (nSPS) is 12.5. The molecule has 0 amide bonds. The Balaban J connectivity index is 3.83. The van der Waals surface area contributed by atoms with Crippen molar-refractivity contribution in [2.24, 2.45) is 0 Å². The fraction of sp³-hybridized carbons (Fsp3) is 0.462. The van der Waals surface area contributed by atoms with E-state index >= 15 is 0 Å². The fourth-order valence-electron chi connectivity index (χ4n) is 2.12. The molecule has 0 aliphatic rings. The summed E-state index contributed by atoms with van der Waals surface area (Å²) < 4.78 is 71.4. The van der Waals surface area contributed by atoms with Crippen LogP contribution in [0.15, 0.2) is 17.0 Å². The van der Waals surface area contributed by atoms with Crippen LogP contribution in [0.2, 0.25) is 0 Å². The van der Waals surface area contributed by atoms with E-state index in [9.17, 15) is 26.4 Å². The second-order valence-corrected chi connectivity index (χ2v) is 5.85. The summed E-state index contributed by atoms with van der Waals surface area (Å²) in [6.45, 7) is 2.99. The molecule has 0 aliphatic carbocycles. The molecule has 0 aromatic heterocycles. The predicted octanol–water partition coefficient (Wildman–Crippen LogP) is 3.50. The number of hydrogen-bond donors (Lipinski definition) is 1. The van der Waals surface area contributed by atoms with Gasteiger partial charge < -0.3 is 0 Å². The lowest BCUT2D eigenvalue weighted by molar-refractivity contribution is -0.138. The standard InChI is InChI=1S/C13H15F3O4S/c1-3-5-9-11(21(18,19)20)7-6-8(10(17)4-2)12(9)13(14,15)16/h6-7H,3-5H2,1-2H3,(H,18,19,20). The van der Waals surface area contributed by atoms with Gasteiger partial charge in [0, 0.05) is 12.0 Å². The lowest BCUT2D eigenvalue weighted by Gasteiger charge is -2.18. The zero-order valence-electron chi connectivity index (χ0n) is 11.5. The summed E-state index contributed by atoms with van der Waals surface area (Å²) in [4.78, 5) is 10.9. The van der Waals surface area contributed by atoms with Gasteiger partial charge in [-0.05, 0) is 24.1 Å². The van der Waals surface area contributed by atoms with Crippen LogP contribution in [0.4, 0.5) is 13.2 Å². The van der Waals surface area contributed by atoms with E-state index in [4.69, 9.17) is 4.55 Å². The number of carbonyl (C=O) groups is 1. The number of benzene rings is 1. The summed E-state index contributed by atoms with van der Waals surface area (Å²) in [6.07, 6.45) is -5.00. The van der Waals surface area contributed by atoms with E-state index in [-0.39, 0.29) is 19.3 Å². The zero-order chi connectivity index (χ0) is 16.4. The molecule has 0 atom stereocenters. The largest absolute Gasteiger partial charge is 0.417 e. The summed E-state index contributed by atoms with van der Waals surface area (Å²) in [6, 6.07) is 1.65. The second kappa shape index (κ2) is 6.15. The molecule has 0 radical (unpaired) electrons. The van der Waals surface area contributed by atoms with Gasteiger partial charge in [0.05, 0.1) is 10.5 Å². The first-order chi connectivity index (χ1) is 9.54. The molecule has 0 heterocycles. The number of carbonyl (C=O) groups excluding carboxylic acids is 1. The van der Waals surface area contributed by atoms with Gasteiger partial charge in [-0.3, -0.25) is 9.35 Å². The van der Waals surface area contributed by atoms with Crippen molar-refractivity contribution in [3.63, 3.8) is 0 Å². The Morgan fingerprint density at radius 2 is 1.81 bits per heavy atom. The van der Waals surface area contributed by atoms with Crippen LogP contribution in [0.5, 0.6) is 0 Å². The monoisotopic (exact) mass is 324 g/mol. The highest BCUT2D eigenvalue weighted by Crippen LogP contribution is 2.38. The third-order valence-corrected chi connectivity index (χ3v) is 3.89. The summed E-state index contributed by atoms with van der Waals surface area (Å²) >= 11 is 0. The first kappa shape index (κ1) is 17.6. The quantitative estimate of drug-likeness (QED) is 0.665. The van der Waals surface area contributed by atoms with Gasteiger partial charge in [-0.1, -0.05) is 20.3 Å². The SMILES string of the molecule is CCCc1c(S(=O)(=O)O)ccc(C(=O)CC)c1C(F)(F)F. The Hall–Kier alpha value is -1.41. The van der Waals surface area contributed by atoms with Crippen molar-refractivity contribution in [3.8, 4) is 0 Å². The molecule has 21 heavy (non-hydrogen) atoms. The van der Waals surface area contributed by atoms with E-state index < -0.39 is 43.7 Å². The number of rotatable bonds is 5. The van der Waals surface area contributed by atoms with Crippen LogP contribution in [-0.2, 0) is 22.7 Å². The van der Waals surface area contributed by atoms with E-state index in [0.29, 0.717) is 0 Å². The minimum atomic E-state index is -4.88. The number of ketones is 1. The van der Waals surface area contributed by atoms with Crippen molar-refractivity contribution in [3.05, 3.63) is 28.8 Å². The van der Waals surface area contributed by atoms with Gasteiger partial charge in [-0.15, -0.1) is 0 Å². The van der Waals surface area contributed by atoms with Crippen molar-refractivity contribution >= 4 is 15.9 Å². The molecule has 0 unspecified atom stereocenters. The molecule has 1 N–H and O–H groups in total. The number of alkyl halides is 3. The van der Waals surface area contributed by atoms with Crippen LogP contribution in [0.25, 0.3) is 0 Å². The Bertz CT molecular complexity index is 648. The topological polar surface area (TPSA) is 71.4 Å². The van der Waals surface area contributed by atoms with Crippen molar-refractivity contribution < 1.29 is 30.9 Å². The average molecular weight is 324 g/mol. The molecule has 0 bridgehead atoms. The Labute approximate surface area is 120 Å². The molecular formula is C13H15F3O4S. The van der Waals surface area contributed by atoms with Gasteiger partial charge in [0.1, 0.15) is 0 Å². The maximum atomic E-state index is 13.3. The van der Waals surface area contributed by atoms with E-state index in [1.54, 1.807) is 6.92 Å². The minimum absolute atomic E-state index is 0.139. The fourth-order valence-corrected chi connectivity index (χ4v) is 2.87. The van der Waals surface area contributed by atoms with Gasteiger partial charge in [0.25, 0.3) is 10.1 Å². The molecule has 0 spiro atoms. The molecule has 4 nitrogen and oxygen atoms in total. The molecule has 0 saturated heterocycles. The van der Waals surface area contributed by atoms with Crippen molar-refractivity contribution in [1.82, 2.24) is 0 Å². The highest BCUT2D eigenvalue weighted by atomic mass is 32.2.